The van der Waals surface area contributed by atoms with E-state index >= 15 is 0 Å². The lowest BCUT2D eigenvalue weighted by Crippen LogP contribution is -2.35. The molecule has 0 unspecified atom stereocenters. The van der Waals surface area contributed by atoms with Gasteiger partial charge in [-0.1, -0.05) is 0 Å². The minimum absolute atomic E-state index is 0.394. The van der Waals surface area contributed by atoms with E-state index in [0.717, 1.165) is 20.8 Å². The topological polar surface area (TPSA) is 96.0 Å². The summed E-state index contributed by atoms with van der Waals surface area (Å²) >= 11 is 0. The summed E-state index contributed by atoms with van der Waals surface area (Å²) in [4.78, 5) is 43.2. The third kappa shape index (κ3) is 7.95. The van der Waals surface area contributed by atoms with Gasteiger partial charge in [-0.3, -0.25) is 19.2 Å². The third-order valence-corrected chi connectivity index (χ3v) is 1.52. The first-order valence-electron chi connectivity index (χ1n) is 4.79. The summed E-state index contributed by atoms with van der Waals surface area (Å²) < 4.78 is 13.6. The fourth-order valence-corrected chi connectivity index (χ4v) is 0.852. The first kappa shape index (κ1) is 15.1. The molecule has 0 heterocycles. The second-order valence-electron chi connectivity index (χ2n) is 3.15. The van der Waals surface area contributed by atoms with Crippen molar-refractivity contribution in [2.24, 2.45) is 0 Å². The summed E-state index contributed by atoms with van der Waals surface area (Å²) in [5.74, 6) is -2.59. The van der Waals surface area contributed by atoms with Crippen LogP contribution in [0, 0.1) is 0 Å². The predicted molar refractivity (Wildman–Crippen MR) is 53.8 cm³/mol. The number of hydrogen-bond donors (Lipinski definition) is 0. The Morgan fingerprint density at radius 3 is 1.82 bits per heavy atom. The Hall–Kier alpha value is -1.92. The van der Waals surface area contributed by atoms with E-state index in [1.807, 2.05) is 0 Å². The number of carbonyl (C=O) groups excluding carboxylic acids is 4. The molecule has 0 N–H and O–H groups in total. The predicted octanol–water partition coefficient (Wildman–Crippen LogP) is -0.387. The van der Waals surface area contributed by atoms with E-state index in [4.69, 9.17) is 0 Å². The number of hydrogen-bond acceptors (Lipinski definition) is 7. The van der Waals surface area contributed by atoms with Gasteiger partial charge in [0, 0.05) is 20.8 Å². The van der Waals surface area contributed by atoms with E-state index in [1.54, 1.807) is 0 Å². The number of esters is 3. The van der Waals surface area contributed by atoms with Crippen molar-refractivity contribution in [2.75, 3.05) is 13.2 Å². The zero-order valence-corrected chi connectivity index (χ0v) is 9.85. The first-order chi connectivity index (χ1) is 7.82. The largest absolute Gasteiger partial charge is 0.461 e. The molecule has 0 rings (SSSR count). The van der Waals surface area contributed by atoms with E-state index in [1.165, 1.54) is 0 Å². The summed E-state index contributed by atoms with van der Waals surface area (Å²) in [6, 6.07) is 0. The van der Waals surface area contributed by atoms with Crippen molar-refractivity contribution in [3.63, 3.8) is 0 Å². The van der Waals surface area contributed by atoms with Gasteiger partial charge in [-0.25, -0.2) is 0 Å². The van der Waals surface area contributed by atoms with Crippen LogP contribution in [-0.2, 0) is 33.4 Å². The molecule has 0 amide bonds. The zero-order valence-electron chi connectivity index (χ0n) is 9.85. The van der Waals surface area contributed by atoms with Gasteiger partial charge in [0.2, 0.25) is 5.78 Å². The molecule has 0 fully saturated rings. The highest BCUT2D eigenvalue weighted by molar-refractivity contribution is 5.88. The van der Waals surface area contributed by atoms with Crippen LogP contribution in [0.1, 0.15) is 20.8 Å². The zero-order chi connectivity index (χ0) is 13.4. The number of carbonyl (C=O) groups is 4. The lowest BCUT2D eigenvalue weighted by molar-refractivity contribution is -0.164. The van der Waals surface area contributed by atoms with Crippen molar-refractivity contribution in [3.8, 4) is 0 Å². The summed E-state index contributed by atoms with van der Waals surface area (Å²) in [5, 5.41) is 0. The maximum atomic E-state index is 11.4. The molecule has 0 aromatic rings. The van der Waals surface area contributed by atoms with Gasteiger partial charge in [-0.05, 0) is 0 Å². The summed E-state index contributed by atoms with van der Waals surface area (Å²) in [5.41, 5.74) is 0. The Bertz CT molecular complexity index is 321. The molecule has 0 saturated carbocycles. The second-order valence-corrected chi connectivity index (χ2v) is 3.15. The smallest absolute Gasteiger partial charge is 0.303 e. The van der Waals surface area contributed by atoms with E-state index in [-0.39, 0.29) is 0 Å². The van der Waals surface area contributed by atoms with Gasteiger partial charge in [0.05, 0.1) is 0 Å². The van der Waals surface area contributed by atoms with Crippen LogP contribution in [0.2, 0.25) is 0 Å². The Morgan fingerprint density at radius 1 is 0.882 bits per heavy atom. The third-order valence-electron chi connectivity index (χ3n) is 1.52. The van der Waals surface area contributed by atoms with Crippen LogP contribution in [0.5, 0.6) is 0 Å². The Labute approximate surface area is 98.0 Å². The minimum Gasteiger partial charge on any atom is -0.461 e. The lowest BCUT2D eigenvalue weighted by atomic mass is 10.2. The average molecular weight is 246 g/mol. The van der Waals surface area contributed by atoms with Crippen molar-refractivity contribution in [1.29, 1.82) is 0 Å². The van der Waals surface area contributed by atoms with Crippen LogP contribution in [0.25, 0.3) is 0 Å². The molecule has 0 aromatic heterocycles. The summed E-state index contributed by atoms with van der Waals surface area (Å²) in [6.45, 7) is 2.48. The first-order valence-corrected chi connectivity index (χ1v) is 4.79. The quantitative estimate of drug-likeness (QED) is 0.465. The Morgan fingerprint density at radius 2 is 1.41 bits per heavy atom. The number of Topliss-reactive ketones (excluding diaryl/α,β-unsaturated/α-hetero) is 1. The molecule has 7 heteroatoms. The fraction of sp³-hybridized carbons (Fsp3) is 0.600. The lowest BCUT2D eigenvalue weighted by Gasteiger charge is -2.15. The van der Waals surface area contributed by atoms with Crippen molar-refractivity contribution in [2.45, 2.75) is 26.9 Å². The van der Waals surface area contributed by atoms with Crippen LogP contribution in [-0.4, -0.2) is 43.0 Å². The van der Waals surface area contributed by atoms with Gasteiger partial charge >= 0.3 is 17.9 Å². The molecule has 0 bridgehead atoms. The van der Waals surface area contributed by atoms with Crippen molar-refractivity contribution < 1.29 is 33.4 Å². The molecule has 0 spiro atoms. The molecule has 7 nitrogen and oxygen atoms in total. The molecular formula is C10H14O7. The van der Waals surface area contributed by atoms with Crippen LogP contribution in [0.3, 0.4) is 0 Å². The van der Waals surface area contributed by atoms with Crippen molar-refractivity contribution >= 4 is 23.7 Å². The molecule has 96 valence electrons. The monoisotopic (exact) mass is 246 g/mol. The molecule has 17 heavy (non-hydrogen) atoms. The number of rotatable bonds is 6. The SMILES string of the molecule is CC(=O)OCC(=O)[C@H](COC(C)=O)OC(C)=O. The van der Waals surface area contributed by atoms with Gasteiger partial charge in [0.25, 0.3) is 0 Å². The van der Waals surface area contributed by atoms with E-state index in [0.29, 0.717) is 0 Å². The van der Waals surface area contributed by atoms with Crippen LogP contribution in [0.4, 0.5) is 0 Å². The molecule has 0 aromatic carbocycles. The molecule has 0 aliphatic heterocycles. The molecular weight excluding hydrogens is 232 g/mol. The van der Waals surface area contributed by atoms with Gasteiger partial charge in [0.15, 0.2) is 12.7 Å². The van der Waals surface area contributed by atoms with Gasteiger partial charge < -0.3 is 14.2 Å². The van der Waals surface area contributed by atoms with Crippen molar-refractivity contribution in [3.05, 3.63) is 0 Å². The maximum Gasteiger partial charge on any atom is 0.303 e. The standard InChI is InChI=1S/C10H14O7/c1-6(11)15-4-9(14)10(17-8(3)13)5-16-7(2)12/h10H,4-5H2,1-3H3/t10-/m0/s1. The Kier molecular flexibility index (Phi) is 6.54. The summed E-state index contributed by atoms with van der Waals surface area (Å²) in [6.07, 6.45) is -1.25. The minimum atomic E-state index is -1.25. The van der Waals surface area contributed by atoms with E-state index in [9.17, 15) is 19.2 Å². The van der Waals surface area contributed by atoms with Crippen LogP contribution in [0.15, 0.2) is 0 Å². The second kappa shape index (κ2) is 7.37. The molecule has 0 aliphatic carbocycles. The molecule has 0 radical (unpaired) electrons. The van der Waals surface area contributed by atoms with Crippen LogP contribution < -0.4 is 0 Å². The van der Waals surface area contributed by atoms with Crippen molar-refractivity contribution in [1.82, 2.24) is 0 Å². The highest BCUT2D eigenvalue weighted by Crippen LogP contribution is 1.98. The van der Waals surface area contributed by atoms with Gasteiger partial charge in [-0.15, -0.1) is 0 Å². The van der Waals surface area contributed by atoms with Crippen LogP contribution >= 0.6 is 0 Å². The fourth-order valence-electron chi connectivity index (χ4n) is 0.852. The highest BCUT2D eigenvalue weighted by atomic mass is 16.6. The number of ketones is 1. The summed E-state index contributed by atoms with van der Waals surface area (Å²) in [7, 11) is 0. The highest BCUT2D eigenvalue weighted by Gasteiger charge is 2.23. The van der Waals surface area contributed by atoms with E-state index in [2.05, 4.69) is 14.2 Å². The number of ether oxygens (including phenoxy) is 3. The molecule has 1 atom stereocenters. The van der Waals surface area contributed by atoms with Gasteiger partial charge in [0.1, 0.15) is 6.61 Å². The molecule has 0 aliphatic rings. The molecule has 0 saturated heterocycles. The normalized spacial score (nSPS) is 11.2. The average Bonchev–Trinajstić information content (AvgIpc) is 2.19. The van der Waals surface area contributed by atoms with Gasteiger partial charge in [-0.2, -0.15) is 0 Å². The Balaban J connectivity index is 4.33. The van der Waals surface area contributed by atoms with E-state index < -0.39 is 43.0 Å². The maximum absolute atomic E-state index is 11.4.